The molecule has 3 atom stereocenters. The third-order valence-electron chi connectivity index (χ3n) is 7.10. The van der Waals surface area contributed by atoms with Crippen LogP contribution in [0, 0.1) is 29.2 Å². The molecule has 0 spiro atoms. The zero-order valence-corrected chi connectivity index (χ0v) is 24.4. The molecule has 2 fully saturated rings. The van der Waals surface area contributed by atoms with E-state index in [1.165, 1.54) is 6.20 Å². The minimum Gasteiger partial charge on any atom is -0.488 e. The van der Waals surface area contributed by atoms with Crippen LogP contribution in [-0.4, -0.2) is 49.3 Å². The molecule has 2 aliphatic rings. The molecule has 13 heteroatoms. The number of rotatable bonds is 6. The average molecular weight is 631 g/mol. The first-order valence-corrected chi connectivity index (χ1v) is 13.2. The van der Waals surface area contributed by atoms with Crippen LogP contribution in [0.15, 0.2) is 42.7 Å². The molecule has 1 aromatic heterocycles. The Kier molecular flexibility index (Phi) is 11.4. The predicted octanol–water partition coefficient (Wildman–Crippen LogP) is 6.13. The number of hydrogen-bond donors (Lipinski definition) is 2. The summed E-state index contributed by atoms with van der Waals surface area (Å²) in [4.78, 5) is 19.2. The van der Waals surface area contributed by atoms with Crippen molar-refractivity contribution in [2.24, 2.45) is 11.7 Å². The number of nitrogens with zero attached hydrogens (tertiary/aromatic N) is 2. The molecule has 3 aromatic rings. The second-order valence-electron chi connectivity index (χ2n) is 10.4. The third kappa shape index (κ3) is 7.26. The molecule has 2 saturated heterocycles. The maximum absolute atomic E-state index is 15.6. The zero-order valence-electron chi connectivity index (χ0n) is 22.7. The summed E-state index contributed by atoms with van der Waals surface area (Å²) in [6, 6.07) is 5.10. The molecule has 3 N–H and O–H groups in total. The fourth-order valence-corrected chi connectivity index (χ4v) is 5.36. The van der Waals surface area contributed by atoms with E-state index in [4.69, 9.17) is 15.2 Å². The molecule has 42 heavy (non-hydrogen) atoms. The van der Waals surface area contributed by atoms with Gasteiger partial charge in [-0.25, -0.2) is 17.6 Å². The van der Waals surface area contributed by atoms with Gasteiger partial charge in [-0.05, 0) is 43.4 Å². The van der Waals surface area contributed by atoms with Gasteiger partial charge >= 0.3 is 0 Å². The number of nitrogens with two attached hydrogens (primary N) is 1. The van der Waals surface area contributed by atoms with Crippen LogP contribution in [0.2, 0.25) is 0 Å². The van der Waals surface area contributed by atoms with Crippen LogP contribution >= 0.6 is 24.8 Å². The molecule has 1 amide bonds. The molecule has 0 radical (unpaired) electrons. The Balaban J connectivity index is 0.00000242. The van der Waals surface area contributed by atoms with Crippen LogP contribution in [0.3, 0.4) is 0 Å². The minimum atomic E-state index is -1.40. The quantitative estimate of drug-likeness (QED) is 0.318. The van der Waals surface area contributed by atoms with E-state index < -0.39 is 45.9 Å². The number of carbonyl (C=O) groups is 1. The molecule has 0 bridgehead atoms. The summed E-state index contributed by atoms with van der Waals surface area (Å²) in [5, 5.41) is 2.61. The molecule has 7 nitrogen and oxygen atoms in total. The van der Waals surface area contributed by atoms with Gasteiger partial charge in [0.1, 0.15) is 35.1 Å². The Morgan fingerprint density at radius 1 is 1.07 bits per heavy atom. The number of halogens is 6. The maximum Gasteiger partial charge on any atom is 0.258 e. The highest BCUT2D eigenvalue weighted by molar-refractivity contribution is 6.06. The molecule has 228 valence electrons. The molecule has 2 aromatic carbocycles. The second kappa shape index (κ2) is 14.4. The Bertz CT molecular complexity index is 1380. The number of ether oxygens (including phenoxy) is 2. The number of nitrogens with one attached hydrogen (secondary N) is 1. The second-order valence-corrected chi connectivity index (χ2v) is 10.4. The lowest BCUT2D eigenvalue weighted by molar-refractivity contribution is 0.00720. The minimum absolute atomic E-state index is 0. The number of piperidine rings is 1. The van der Waals surface area contributed by atoms with Crippen LogP contribution in [-0.2, 0) is 4.74 Å². The van der Waals surface area contributed by atoms with Crippen molar-refractivity contribution in [1.29, 1.82) is 0 Å². The maximum atomic E-state index is 15.6. The van der Waals surface area contributed by atoms with Gasteiger partial charge < -0.3 is 25.4 Å². The molecule has 2 aliphatic heterocycles. The first-order chi connectivity index (χ1) is 19.2. The van der Waals surface area contributed by atoms with Gasteiger partial charge in [-0.15, -0.1) is 24.8 Å². The molecule has 0 aliphatic carbocycles. The Morgan fingerprint density at radius 3 is 2.48 bits per heavy atom. The number of benzene rings is 2. The van der Waals surface area contributed by atoms with E-state index in [1.807, 2.05) is 4.90 Å². The average Bonchev–Trinajstić information content (AvgIpc) is 2.90. The molecular weight excluding hydrogens is 599 g/mol. The van der Waals surface area contributed by atoms with Gasteiger partial charge in [-0.2, -0.15) is 0 Å². The van der Waals surface area contributed by atoms with E-state index in [0.29, 0.717) is 43.4 Å². The van der Waals surface area contributed by atoms with Crippen LogP contribution in [0.25, 0.3) is 11.1 Å². The zero-order chi connectivity index (χ0) is 28.4. The summed E-state index contributed by atoms with van der Waals surface area (Å²) in [6.07, 6.45) is 4.84. The van der Waals surface area contributed by atoms with Crippen LogP contribution in [0.4, 0.5) is 28.9 Å². The number of aromatic nitrogens is 1. The standard InChI is InChI=1S/C29H30F4N4O3.2ClH/c1-16-9-17(34)14-37(13-16)25-6-7-35-12-24(25)36-29(38)20-4-5-21(30)27(28(20)33)26-22(31)10-19(11-23(26)32)40-18-3-2-8-39-15-18;;/h4-7,10-12,16-18H,2-3,8-9,13-15,34H2,1H3,(H,36,38);2*1H/t16-,17+,18+;;/m1../s1. The van der Waals surface area contributed by atoms with E-state index in [-0.39, 0.29) is 49.3 Å². The first-order valence-electron chi connectivity index (χ1n) is 13.2. The van der Waals surface area contributed by atoms with Crippen LogP contribution < -0.4 is 20.7 Å². The predicted molar refractivity (Wildman–Crippen MR) is 157 cm³/mol. The summed E-state index contributed by atoms with van der Waals surface area (Å²) in [5.74, 6) is -5.82. The van der Waals surface area contributed by atoms with Crippen molar-refractivity contribution in [3.63, 3.8) is 0 Å². The van der Waals surface area contributed by atoms with Crippen molar-refractivity contribution in [2.45, 2.75) is 38.3 Å². The Morgan fingerprint density at radius 2 is 1.81 bits per heavy atom. The highest BCUT2D eigenvalue weighted by atomic mass is 35.5. The fourth-order valence-electron chi connectivity index (χ4n) is 5.36. The molecular formula is C29H32Cl2F4N4O3. The summed E-state index contributed by atoms with van der Waals surface area (Å²) in [6.45, 7) is 4.17. The smallest absolute Gasteiger partial charge is 0.258 e. The topological polar surface area (TPSA) is 89.7 Å². The molecule has 0 unspecified atom stereocenters. The lowest BCUT2D eigenvalue weighted by Gasteiger charge is -2.37. The lowest BCUT2D eigenvalue weighted by atomic mass is 9.96. The van der Waals surface area contributed by atoms with Crippen molar-refractivity contribution in [3.8, 4) is 16.9 Å². The summed E-state index contributed by atoms with van der Waals surface area (Å²) in [7, 11) is 0. The number of anilines is 2. The fraction of sp³-hybridized carbons (Fsp3) is 0.379. The number of pyridine rings is 1. The van der Waals surface area contributed by atoms with E-state index in [1.54, 1.807) is 12.3 Å². The monoisotopic (exact) mass is 630 g/mol. The highest BCUT2D eigenvalue weighted by Gasteiger charge is 2.28. The van der Waals surface area contributed by atoms with Crippen molar-refractivity contribution >= 4 is 42.1 Å². The number of hydrogen-bond acceptors (Lipinski definition) is 6. The van der Waals surface area contributed by atoms with Crippen molar-refractivity contribution in [1.82, 2.24) is 4.98 Å². The van der Waals surface area contributed by atoms with E-state index in [0.717, 1.165) is 37.1 Å². The first kappa shape index (κ1) is 33.4. The Hall–Kier alpha value is -3.12. The van der Waals surface area contributed by atoms with Crippen molar-refractivity contribution in [3.05, 3.63) is 71.6 Å². The van der Waals surface area contributed by atoms with Crippen LogP contribution in [0.5, 0.6) is 5.75 Å². The van der Waals surface area contributed by atoms with Gasteiger partial charge in [0.15, 0.2) is 0 Å². The largest absolute Gasteiger partial charge is 0.488 e. The van der Waals surface area contributed by atoms with Gasteiger partial charge in [0.2, 0.25) is 0 Å². The van der Waals surface area contributed by atoms with Gasteiger partial charge in [0.05, 0.1) is 40.9 Å². The van der Waals surface area contributed by atoms with Crippen molar-refractivity contribution in [2.75, 3.05) is 36.5 Å². The van der Waals surface area contributed by atoms with Gasteiger partial charge in [0, 0.05) is 44.1 Å². The van der Waals surface area contributed by atoms with E-state index in [2.05, 4.69) is 17.2 Å². The van der Waals surface area contributed by atoms with Gasteiger partial charge in [0.25, 0.3) is 5.91 Å². The molecule has 0 saturated carbocycles. The number of amides is 1. The Labute approximate surface area is 253 Å². The highest BCUT2D eigenvalue weighted by Crippen LogP contribution is 2.36. The van der Waals surface area contributed by atoms with E-state index >= 15 is 13.2 Å². The van der Waals surface area contributed by atoms with Gasteiger partial charge in [-0.3, -0.25) is 9.78 Å². The summed E-state index contributed by atoms with van der Waals surface area (Å²) in [5.41, 5.74) is 4.60. The summed E-state index contributed by atoms with van der Waals surface area (Å²) < 4.78 is 71.6. The van der Waals surface area contributed by atoms with Crippen molar-refractivity contribution < 1.29 is 31.8 Å². The normalized spacial score (nSPS) is 20.2. The SMILES string of the molecule is C[C@@H]1C[C@H](N)CN(c2ccncc2NC(=O)c2ccc(F)c(-c3c(F)cc(O[C@H]4CCCOC4)cc3F)c2F)C1.Cl.Cl. The van der Waals surface area contributed by atoms with E-state index in [9.17, 15) is 9.18 Å². The van der Waals surface area contributed by atoms with Gasteiger partial charge in [-0.1, -0.05) is 6.92 Å². The number of carbonyl (C=O) groups excluding carboxylic acids is 1. The molecule has 3 heterocycles. The summed E-state index contributed by atoms with van der Waals surface area (Å²) >= 11 is 0. The lowest BCUT2D eigenvalue weighted by Crippen LogP contribution is -2.46. The third-order valence-corrected chi connectivity index (χ3v) is 7.10. The van der Waals surface area contributed by atoms with Crippen LogP contribution in [0.1, 0.15) is 36.5 Å². The molecule has 5 rings (SSSR count).